The maximum Gasteiger partial charge on any atom is 0.0489 e. The molecule has 4 nitrogen and oxygen atoms in total. The Morgan fingerprint density at radius 1 is 0.438 bits per heavy atom. The first-order valence-electron chi connectivity index (χ1n) is 20.8. The molecule has 0 radical (unpaired) electrons. The molecule has 0 aromatic carbocycles. The van der Waals surface area contributed by atoms with Crippen molar-refractivity contribution in [3.05, 3.63) is 48.6 Å². The first-order chi connectivity index (χ1) is 23.7. The lowest BCUT2D eigenvalue weighted by Gasteiger charge is -2.31. The number of aliphatic hydroxyl groups is 1. The van der Waals surface area contributed by atoms with Crippen molar-refractivity contribution in [2.75, 3.05) is 39.6 Å². The molecule has 0 saturated heterocycles. The molecule has 0 bridgehead atoms. The van der Waals surface area contributed by atoms with Crippen molar-refractivity contribution in [3.63, 3.8) is 0 Å². The van der Waals surface area contributed by atoms with Gasteiger partial charge in [-0.3, -0.25) is 0 Å². The van der Waals surface area contributed by atoms with E-state index in [0.717, 1.165) is 58.2 Å². The molecule has 0 aliphatic carbocycles. The van der Waals surface area contributed by atoms with Gasteiger partial charge in [0.15, 0.2) is 0 Å². The molecule has 0 saturated carbocycles. The molecule has 0 aliphatic rings. The largest absolute Gasteiger partial charge is 0.396 e. The lowest BCUT2D eigenvalue weighted by atomic mass is 9.79. The summed E-state index contributed by atoms with van der Waals surface area (Å²) < 4.78 is 12.0. The summed E-state index contributed by atoms with van der Waals surface area (Å²) in [6.07, 6.45) is 51.5. The van der Waals surface area contributed by atoms with Gasteiger partial charge < -0.3 is 20.3 Å². The van der Waals surface area contributed by atoms with Crippen LogP contribution in [0, 0.1) is 5.41 Å². The van der Waals surface area contributed by atoms with Gasteiger partial charge in [-0.2, -0.15) is 0 Å². The van der Waals surface area contributed by atoms with E-state index in [1.54, 1.807) is 0 Å². The Morgan fingerprint density at radius 3 is 1.15 bits per heavy atom. The van der Waals surface area contributed by atoms with Crippen molar-refractivity contribution < 1.29 is 14.6 Å². The van der Waals surface area contributed by atoms with Crippen molar-refractivity contribution in [1.82, 2.24) is 0 Å². The van der Waals surface area contributed by atoms with Crippen molar-refractivity contribution in [2.45, 2.75) is 187 Å². The van der Waals surface area contributed by atoms with E-state index in [2.05, 4.69) is 62.5 Å². The molecule has 0 aromatic heterocycles. The molecular formula is C44H83NO3. The van der Waals surface area contributed by atoms with E-state index in [1.165, 1.54) is 128 Å². The van der Waals surface area contributed by atoms with Crippen molar-refractivity contribution in [3.8, 4) is 0 Å². The fourth-order valence-electron chi connectivity index (χ4n) is 6.08. The van der Waals surface area contributed by atoms with Gasteiger partial charge in [-0.05, 0) is 108 Å². The van der Waals surface area contributed by atoms with E-state index in [1.807, 2.05) is 0 Å². The minimum absolute atomic E-state index is 0.160. The topological polar surface area (TPSA) is 64.7 Å². The molecule has 0 unspecified atom stereocenters. The summed E-state index contributed by atoms with van der Waals surface area (Å²) >= 11 is 0. The number of aliphatic hydroxyl groups excluding tert-OH is 1. The Bertz CT molecular complexity index is 675. The average molecular weight is 674 g/mol. The highest BCUT2D eigenvalue weighted by molar-refractivity contribution is 4.93. The SMILES string of the molecule is CCCCCC=CCC=CCCCCCCCCOCCC(CO)(CCN)CCOCCCCCCCCC=CCC=CCCCCC. The first kappa shape index (κ1) is 46.8. The second kappa shape index (κ2) is 40.2. The van der Waals surface area contributed by atoms with Gasteiger partial charge in [0.05, 0.1) is 0 Å². The zero-order valence-electron chi connectivity index (χ0n) is 32.3. The zero-order chi connectivity index (χ0) is 34.9. The van der Waals surface area contributed by atoms with E-state index in [4.69, 9.17) is 15.2 Å². The van der Waals surface area contributed by atoms with Crippen LogP contribution in [0.4, 0.5) is 0 Å². The van der Waals surface area contributed by atoms with Gasteiger partial charge in [0.1, 0.15) is 0 Å². The van der Waals surface area contributed by atoms with Gasteiger partial charge in [0, 0.05) is 33.0 Å². The highest BCUT2D eigenvalue weighted by Crippen LogP contribution is 2.30. The highest BCUT2D eigenvalue weighted by atomic mass is 16.5. The molecule has 0 amide bonds. The van der Waals surface area contributed by atoms with Gasteiger partial charge in [0.25, 0.3) is 0 Å². The van der Waals surface area contributed by atoms with Crippen LogP contribution >= 0.6 is 0 Å². The van der Waals surface area contributed by atoms with Crippen LogP contribution in [0.15, 0.2) is 48.6 Å². The third kappa shape index (κ3) is 34.7. The second-order valence-corrected chi connectivity index (χ2v) is 14.1. The van der Waals surface area contributed by atoms with Crippen LogP contribution in [-0.4, -0.2) is 44.7 Å². The molecule has 0 rings (SSSR count). The normalized spacial score (nSPS) is 13.7. The minimum Gasteiger partial charge on any atom is -0.396 e. The molecule has 3 N–H and O–H groups in total. The summed E-state index contributed by atoms with van der Waals surface area (Å²) in [6.45, 7) is 8.32. The molecule has 0 aromatic rings. The van der Waals surface area contributed by atoms with Crippen molar-refractivity contribution >= 4 is 0 Å². The van der Waals surface area contributed by atoms with Gasteiger partial charge in [0.2, 0.25) is 0 Å². The van der Waals surface area contributed by atoms with Crippen LogP contribution in [0.3, 0.4) is 0 Å². The minimum atomic E-state index is -0.173. The third-order valence-electron chi connectivity index (χ3n) is 9.54. The number of hydrogen-bond donors (Lipinski definition) is 2. The Kier molecular flexibility index (Phi) is 39.2. The molecule has 48 heavy (non-hydrogen) atoms. The molecule has 0 heterocycles. The number of hydrogen-bond acceptors (Lipinski definition) is 4. The number of rotatable bonds is 39. The second-order valence-electron chi connectivity index (χ2n) is 14.1. The van der Waals surface area contributed by atoms with E-state index in [0.29, 0.717) is 19.8 Å². The maximum absolute atomic E-state index is 10.2. The van der Waals surface area contributed by atoms with E-state index >= 15 is 0 Å². The zero-order valence-corrected chi connectivity index (χ0v) is 32.3. The standard InChI is InChI=1S/C44H83NO3/c1-3-5-7-9-11-13-15-17-19-21-23-25-27-29-31-33-39-47-41-36-44(43-46,35-38-45)37-42-48-40-34-32-30-28-26-24-22-20-18-16-14-12-10-8-6-4-2/h11-14,17-20,46H,3-10,15-16,21-43,45H2,1-2H3. The lowest BCUT2D eigenvalue weighted by molar-refractivity contribution is 0.0190. The average Bonchev–Trinajstić information content (AvgIpc) is 3.10. The Morgan fingerprint density at radius 2 is 0.792 bits per heavy atom. The smallest absolute Gasteiger partial charge is 0.0489 e. The van der Waals surface area contributed by atoms with Crippen LogP contribution < -0.4 is 5.73 Å². The van der Waals surface area contributed by atoms with Crippen molar-refractivity contribution in [1.29, 1.82) is 0 Å². The molecule has 0 aliphatic heterocycles. The van der Waals surface area contributed by atoms with Gasteiger partial charge in [-0.1, -0.05) is 140 Å². The Labute approximate surface area is 300 Å². The van der Waals surface area contributed by atoms with Crippen LogP contribution in [0.2, 0.25) is 0 Å². The molecule has 0 atom stereocenters. The van der Waals surface area contributed by atoms with Crippen molar-refractivity contribution in [2.24, 2.45) is 11.1 Å². The fraction of sp³-hybridized carbons (Fsp3) is 0.818. The molecule has 4 heteroatoms. The predicted molar refractivity (Wildman–Crippen MR) is 213 cm³/mol. The third-order valence-corrected chi connectivity index (χ3v) is 9.54. The lowest BCUT2D eigenvalue weighted by Crippen LogP contribution is -2.32. The summed E-state index contributed by atoms with van der Waals surface area (Å²) in [4.78, 5) is 0. The summed E-state index contributed by atoms with van der Waals surface area (Å²) in [7, 11) is 0. The fourth-order valence-corrected chi connectivity index (χ4v) is 6.08. The Balaban J connectivity index is 3.68. The van der Waals surface area contributed by atoms with E-state index in [-0.39, 0.29) is 12.0 Å². The van der Waals surface area contributed by atoms with Gasteiger partial charge >= 0.3 is 0 Å². The highest BCUT2D eigenvalue weighted by Gasteiger charge is 2.28. The van der Waals surface area contributed by atoms with Crippen LogP contribution in [0.5, 0.6) is 0 Å². The van der Waals surface area contributed by atoms with E-state index < -0.39 is 0 Å². The van der Waals surface area contributed by atoms with E-state index in [9.17, 15) is 5.11 Å². The summed E-state index contributed by atoms with van der Waals surface area (Å²) in [5.41, 5.74) is 5.76. The molecular weight excluding hydrogens is 590 g/mol. The maximum atomic E-state index is 10.2. The van der Waals surface area contributed by atoms with Gasteiger partial charge in [-0.25, -0.2) is 0 Å². The number of allylic oxidation sites excluding steroid dienone is 8. The predicted octanol–water partition coefficient (Wildman–Crippen LogP) is 12.8. The molecule has 0 spiro atoms. The number of unbranched alkanes of at least 4 members (excludes halogenated alkanes) is 18. The first-order valence-corrected chi connectivity index (χ1v) is 20.8. The van der Waals surface area contributed by atoms with Crippen LogP contribution in [0.1, 0.15) is 187 Å². The summed E-state index contributed by atoms with van der Waals surface area (Å²) in [6, 6.07) is 0. The van der Waals surface area contributed by atoms with Gasteiger partial charge in [-0.15, -0.1) is 0 Å². The number of nitrogens with two attached hydrogens (primary N) is 1. The summed E-state index contributed by atoms with van der Waals surface area (Å²) in [5, 5.41) is 10.2. The summed E-state index contributed by atoms with van der Waals surface area (Å²) in [5.74, 6) is 0. The number of ether oxygens (including phenoxy) is 2. The monoisotopic (exact) mass is 674 g/mol. The quantitative estimate of drug-likeness (QED) is 0.0503. The van der Waals surface area contributed by atoms with Crippen LogP contribution in [0.25, 0.3) is 0 Å². The van der Waals surface area contributed by atoms with Crippen LogP contribution in [-0.2, 0) is 9.47 Å². The molecule has 282 valence electrons. The molecule has 0 fully saturated rings. The Hall–Kier alpha value is -1.20.